The maximum atomic E-state index is 0. The molecule has 0 aromatic carbocycles. The van der Waals surface area contributed by atoms with E-state index < -0.39 is 0 Å². The molecule has 0 aliphatic heterocycles. The van der Waals surface area contributed by atoms with Crippen LogP contribution in [0.3, 0.4) is 0 Å². The van der Waals surface area contributed by atoms with Gasteiger partial charge in [-0.15, -0.1) is 0 Å². The van der Waals surface area contributed by atoms with Crippen LogP contribution >= 0.6 is 0 Å². The van der Waals surface area contributed by atoms with Crippen molar-refractivity contribution in [1.29, 1.82) is 0 Å². The number of hydrogen-bond donors (Lipinski definition) is 0. The third-order valence-electron chi connectivity index (χ3n) is 0. The van der Waals surface area contributed by atoms with E-state index in [1.165, 1.54) is 0 Å². The molecule has 0 unspecified atom stereocenters. The summed E-state index contributed by atoms with van der Waals surface area (Å²) >= 11 is 0. The molecule has 0 N–H and O–H groups in total. The first-order chi connectivity index (χ1) is 0. The second-order valence-corrected chi connectivity index (χ2v) is 0. The monoisotopic (exact) mass is 212 g/mol. The third-order valence-corrected chi connectivity index (χ3v) is 0. The zero-order valence-corrected chi connectivity index (χ0v) is 6.28. The Kier molecular flexibility index (Phi) is 456. The smallest absolute Gasteiger partial charge is 0 e. The fourth-order valence-electron chi connectivity index (χ4n) is 0. The molecule has 0 saturated heterocycles. The molecule has 0 aromatic heterocycles. The molecule has 0 saturated carbocycles. The van der Waals surface area contributed by atoms with E-state index >= 15 is 0 Å². The average Bonchev–Trinajstić information content (AvgIpc) is 0. The van der Waals surface area contributed by atoms with E-state index in [4.69, 9.17) is 0 Å². The van der Waals surface area contributed by atoms with E-state index in [1.807, 2.05) is 0 Å². The molecule has 0 amide bonds. The number of rotatable bonds is 0. The van der Waals surface area contributed by atoms with Gasteiger partial charge in [-0.05, 0) is 0 Å². The maximum absolute atomic E-state index is 0. The predicted octanol–water partition coefficient (Wildman–Crippen LogP) is -0.0122. The largest absolute Gasteiger partial charge is 2.00 e. The Labute approximate surface area is 73.0 Å². The Morgan fingerprint density at radius 2 is 0.400 bits per heavy atom. The van der Waals surface area contributed by atoms with Gasteiger partial charge in [-0.1, -0.05) is 0 Å². The van der Waals surface area contributed by atoms with Crippen molar-refractivity contribution in [2.45, 2.75) is 0 Å². The van der Waals surface area contributed by atoms with Gasteiger partial charge in [-0.25, -0.2) is 0 Å². The Hall–Kier alpha value is 2.04. The third kappa shape index (κ3) is 23.7. The quantitative estimate of drug-likeness (QED) is 0.497. The van der Waals surface area contributed by atoms with E-state index in [9.17, 15) is 0 Å². The second kappa shape index (κ2) is 36.9. The van der Waals surface area contributed by atoms with Crippen molar-refractivity contribution in [2.24, 2.45) is 0 Å². The van der Waals surface area contributed by atoms with Crippen LogP contribution in [0, 0.1) is 0 Å². The van der Waals surface area contributed by atoms with Crippen molar-refractivity contribution in [2.75, 3.05) is 0 Å². The Bertz CT molecular complexity index is 4.85. The zero-order chi connectivity index (χ0) is 0. The summed E-state index contributed by atoms with van der Waals surface area (Å²) in [5, 5.41) is 0. The van der Waals surface area contributed by atoms with Crippen LogP contribution < -0.4 is 0 Å². The normalized spacial score (nSPS) is 0. The first-order valence-electron chi connectivity index (χ1n) is 0. The molecule has 0 aromatic rings. The molecule has 0 radical (unpaired) electrons. The average molecular weight is 214 g/mol. The minimum absolute atomic E-state index is 0. The van der Waals surface area contributed by atoms with Gasteiger partial charge < -0.3 is 40.5 Å². The fraction of sp³-hybridized carbons (Fsp3) is 0. The maximum Gasteiger partial charge on any atom is 0 e. The van der Waals surface area contributed by atoms with Gasteiger partial charge >= 0.3 is 0 Å². The van der Waals surface area contributed by atoms with E-state index in [-0.39, 0.29) is 73.5 Å². The molecule has 0 aliphatic rings. The van der Waals surface area contributed by atoms with Gasteiger partial charge in [0.05, 0.1) is 0 Å². The van der Waals surface area contributed by atoms with Gasteiger partial charge in [0.2, 0.25) is 0 Å². The summed E-state index contributed by atoms with van der Waals surface area (Å²) in [6.45, 7) is 0. The standard InChI is InChI=1S/2Ni.3S/q;;3*-2. The van der Waals surface area contributed by atoms with Crippen molar-refractivity contribution in [3.63, 3.8) is 0 Å². The molecule has 0 heterocycles. The Balaban J connectivity index is 0. The molecule has 0 aliphatic carbocycles. The Morgan fingerprint density at radius 1 is 0.400 bits per heavy atom. The van der Waals surface area contributed by atoms with E-state index in [0.29, 0.717) is 0 Å². The molecule has 0 nitrogen and oxygen atoms in total. The van der Waals surface area contributed by atoms with Gasteiger partial charge in [0.25, 0.3) is 0 Å². The Morgan fingerprint density at radius 3 is 0.400 bits per heavy atom. The molecule has 0 rings (SSSR count). The topological polar surface area (TPSA) is 0 Å². The van der Waals surface area contributed by atoms with Crippen molar-refractivity contribution >= 4 is 40.5 Å². The van der Waals surface area contributed by atoms with Crippen molar-refractivity contribution in [3.8, 4) is 0 Å². The first kappa shape index (κ1) is 61.8. The fourth-order valence-corrected chi connectivity index (χ4v) is 0. The van der Waals surface area contributed by atoms with Gasteiger partial charge in [-0.3, -0.25) is 0 Å². The van der Waals surface area contributed by atoms with E-state index in [0.717, 1.165) is 0 Å². The molecule has 0 bridgehead atoms. The van der Waals surface area contributed by atoms with Gasteiger partial charge in [0.15, 0.2) is 0 Å². The van der Waals surface area contributed by atoms with Crippen LogP contribution in [-0.4, -0.2) is 0 Å². The summed E-state index contributed by atoms with van der Waals surface area (Å²) in [4.78, 5) is 0. The van der Waals surface area contributed by atoms with Crippen LogP contribution in [0.5, 0.6) is 0 Å². The van der Waals surface area contributed by atoms with Crippen LogP contribution in [0.1, 0.15) is 0 Å². The molecular weight excluding hydrogens is 214 g/mol. The van der Waals surface area contributed by atoms with Crippen LogP contribution in [0.15, 0.2) is 0 Å². The molecular formula is Ni2S3-6. The summed E-state index contributed by atoms with van der Waals surface area (Å²) in [5.74, 6) is 0. The molecule has 0 spiro atoms. The minimum Gasteiger partial charge on any atom is -2.00 e. The van der Waals surface area contributed by atoms with Crippen molar-refractivity contribution in [1.82, 2.24) is 0 Å². The summed E-state index contributed by atoms with van der Waals surface area (Å²) in [6.07, 6.45) is 0. The van der Waals surface area contributed by atoms with Gasteiger partial charge in [-0.2, -0.15) is 0 Å². The molecule has 5 heteroatoms. The van der Waals surface area contributed by atoms with E-state index in [2.05, 4.69) is 0 Å². The summed E-state index contributed by atoms with van der Waals surface area (Å²) in [6, 6.07) is 0. The van der Waals surface area contributed by atoms with Crippen LogP contribution in [0.2, 0.25) is 0 Å². The molecule has 0 atom stereocenters. The van der Waals surface area contributed by atoms with Crippen LogP contribution in [0.4, 0.5) is 0 Å². The first-order valence-corrected chi connectivity index (χ1v) is 0. The van der Waals surface area contributed by atoms with Gasteiger partial charge in [0, 0.05) is 33.0 Å². The second-order valence-electron chi connectivity index (χ2n) is 0. The summed E-state index contributed by atoms with van der Waals surface area (Å²) < 4.78 is 0. The van der Waals surface area contributed by atoms with Gasteiger partial charge in [0.1, 0.15) is 0 Å². The minimum atomic E-state index is 0. The van der Waals surface area contributed by atoms with Crippen molar-refractivity contribution in [3.05, 3.63) is 0 Å². The predicted molar refractivity (Wildman–Crippen MR) is 22.1 cm³/mol. The van der Waals surface area contributed by atoms with Crippen molar-refractivity contribution < 1.29 is 33.0 Å². The summed E-state index contributed by atoms with van der Waals surface area (Å²) in [7, 11) is 0. The number of hydrogen-bond acceptors (Lipinski definition) is 0. The molecule has 0 fully saturated rings. The summed E-state index contributed by atoms with van der Waals surface area (Å²) in [5.41, 5.74) is 0. The molecule has 5 heavy (non-hydrogen) atoms. The molecule has 44 valence electrons. The van der Waals surface area contributed by atoms with E-state index in [1.54, 1.807) is 0 Å². The van der Waals surface area contributed by atoms with Crippen LogP contribution in [0.25, 0.3) is 0 Å². The van der Waals surface area contributed by atoms with Crippen LogP contribution in [-0.2, 0) is 73.5 Å². The zero-order valence-electron chi connectivity index (χ0n) is 1.86. The SMILES string of the molecule is [Ni].[Ni].[S-2].[S-2].[S-2].